The molecule has 0 saturated carbocycles. The van der Waals surface area contributed by atoms with E-state index in [0.717, 1.165) is 18.7 Å². The molecular formula is C14H21N7. The number of hydrogen-bond donors (Lipinski definition) is 1. The molecule has 0 fully saturated rings. The van der Waals surface area contributed by atoms with Crippen LogP contribution in [0.5, 0.6) is 0 Å². The van der Waals surface area contributed by atoms with Gasteiger partial charge in [-0.05, 0) is 31.5 Å². The molecule has 0 aliphatic rings. The Bertz CT molecular complexity index is 569. The fourth-order valence-corrected chi connectivity index (χ4v) is 2.02. The van der Waals surface area contributed by atoms with Gasteiger partial charge in [-0.25, -0.2) is 0 Å². The van der Waals surface area contributed by atoms with E-state index in [2.05, 4.69) is 33.8 Å². The zero-order chi connectivity index (χ0) is 15.2. The average molecular weight is 287 g/mol. The summed E-state index contributed by atoms with van der Waals surface area (Å²) >= 11 is 0. The quantitative estimate of drug-likeness (QED) is 0.858. The summed E-state index contributed by atoms with van der Waals surface area (Å²) in [5.41, 5.74) is 6.95. The fourth-order valence-electron chi connectivity index (χ4n) is 2.02. The van der Waals surface area contributed by atoms with Gasteiger partial charge < -0.3 is 15.5 Å². The van der Waals surface area contributed by atoms with Crippen molar-refractivity contribution in [2.45, 2.75) is 20.4 Å². The van der Waals surface area contributed by atoms with Crippen LogP contribution in [-0.4, -0.2) is 40.1 Å². The normalized spacial score (nSPS) is 10.4. The lowest BCUT2D eigenvalue weighted by Gasteiger charge is -2.22. The SMILES string of the molecule is CCN(CC)c1nc(N)nc(N(C)Cc2ccncc2)n1. The lowest BCUT2D eigenvalue weighted by atomic mass is 10.2. The highest BCUT2D eigenvalue weighted by Gasteiger charge is 2.12. The molecule has 0 aliphatic heterocycles. The number of rotatable bonds is 6. The van der Waals surface area contributed by atoms with Crippen molar-refractivity contribution in [2.75, 3.05) is 35.7 Å². The first kappa shape index (κ1) is 15.0. The van der Waals surface area contributed by atoms with Gasteiger partial charge in [-0.1, -0.05) is 0 Å². The zero-order valence-corrected chi connectivity index (χ0v) is 12.7. The molecule has 2 N–H and O–H groups in total. The summed E-state index contributed by atoms with van der Waals surface area (Å²) in [6.07, 6.45) is 3.54. The van der Waals surface area contributed by atoms with Crippen molar-refractivity contribution in [3.05, 3.63) is 30.1 Å². The Morgan fingerprint density at radius 1 is 1.00 bits per heavy atom. The van der Waals surface area contributed by atoms with Gasteiger partial charge in [0.05, 0.1) is 0 Å². The van der Waals surface area contributed by atoms with Crippen LogP contribution < -0.4 is 15.5 Å². The number of nitrogens with zero attached hydrogens (tertiary/aromatic N) is 6. The second-order valence-electron chi connectivity index (χ2n) is 4.68. The average Bonchev–Trinajstić information content (AvgIpc) is 2.49. The van der Waals surface area contributed by atoms with Crippen molar-refractivity contribution < 1.29 is 0 Å². The van der Waals surface area contributed by atoms with Crippen LogP contribution in [0.4, 0.5) is 17.8 Å². The van der Waals surface area contributed by atoms with Crippen LogP contribution in [0.15, 0.2) is 24.5 Å². The van der Waals surface area contributed by atoms with E-state index in [0.29, 0.717) is 18.4 Å². The molecule has 0 spiro atoms. The highest BCUT2D eigenvalue weighted by atomic mass is 15.3. The van der Waals surface area contributed by atoms with Crippen molar-refractivity contribution in [3.63, 3.8) is 0 Å². The summed E-state index contributed by atoms with van der Waals surface area (Å²) in [6, 6.07) is 3.93. The van der Waals surface area contributed by atoms with Crippen LogP contribution in [0.25, 0.3) is 0 Å². The van der Waals surface area contributed by atoms with Gasteiger partial charge in [0.15, 0.2) is 0 Å². The number of pyridine rings is 1. The second kappa shape index (κ2) is 6.83. The number of hydrogen-bond acceptors (Lipinski definition) is 7. The first-order valence-corrected chi connectivity index (χ1v) is 7.00. The van der Waals surface area contributed by atoms with Gasteiger partial charge in [-0.15, -0.1) is 0 Å². The van der Waals surface area contributed by atoms with Crippen molar-refractivity contribution in [1.82, 2.24) is 19.9 Å². The van der Waals surface area contributed by atoms with Crippen LogP contribution in [0, 0.1) is 0 Å². The minimum absolute atomic E-state index is 0.239. The Labute approximate surface area is 124 Å². The third-order valence-corrected chi connectivity index (χ3v) is 3.19. The van der Waals surface area contributed by atoms with E-state index in [1.807, 2.05) is 29.0 Å². The monoisotopic (exact) mass is 287 g/mol. The number of nitrogen functional groups attached to an aromatic ring is 1. The van der Waals surface area contributed by atoms with Gasteiger partial charge >= 0.3 is 0 Å². The minimum atomic E-state index is 0.239. The predicted molar refractivity (Wildman–Crippen MR) is 84.1 cm³/mol. The Hall–Kier alpha value is -2.44. The molecule has 0 saturated heterocycles. The maximum absolute atomic E-state index is 5.81. The van der Waals surface area contributed by atoms with Crippen LogP contribution in [0.3, 0.4) is 0 Å². The molecule has 0 atom stereocenters. The predicted octanol–water partition coefficient (Wildman–Crippen LogP) is 1.33. The molecule has 7 nitrogen and oxygen atoms in total. The Morgan fingerprint density at radius 2 is 1.62 bits per heavy atom. The zero-order valence-electron chi connectivity index (χ0n) is 12.7. The Morgan fingerprint density at radius 3 is 2.24 bits per heavy atom. The van der Waals surface area contributed by atoms with Crippen molar-refractivity contribution in [1.29, 1.82) is 0 Å². The molecule has 2 aromatic heterocycles. The molecule has 7 heteroatoms. The van der Waals surface area contributed by atoms with Gasteiger partial charge in [-0.3, -0.25) is 4.98 Å². The van der Waals surface area contributed by atoms with Gasteiger partial charge in [0.2, 0.25) is 17.8 Å². The number of anilines is 3. The molecule has 0 aromatic carbocycles. The van der Waals surface area contributed by atoms with Crippen LogP contribution >= 0.6 is 0 Å². The van der Waals surface area contributed by atoms with Gasteiger partial charge in [0.25, 0.3) is 0 Å². The van der Waals surface area contributed by atoms with E-state index in [9.17, 15) is 0 Å². The van der Waals surface area contributed by atoms with E-state index in [4.69, 9.17) is 5.73 Å². The molecule has 112 valence electrons. The summed E-state index contributed by atoms with van der Waals surface area (Å²) in [7, 11) is 1.93. The summed E-state index contributed by atoms with van der Waals surface area (Å²) in [4.78, 5) is 20.9. The van der Waals surface area contributed by atoms with Crippen molar-refractivity contribution >= 4 is 17.8 Å². The molecule has 21 heavy (non-hydrogen) atoms. The van der Waals surface area contributed by atoms with Crippen molar-refractivity contribution in [2.24, 2.45) is 0 Å². The Kier molecular flexibility index (Phi) is 4.86. The topological polar surface area (TPSA) is 84.1 Å². The Balaban J connectivity index is 2.22. The van der Waals surface area contributed by atoms with Crippen molar-refractivity contribution in [3.8, 4) is 0 Å². The molecule has 2 aromatic rings. The molecule has 0 bridgehead atoms. The third kappa shape index (κ3) is 3.77. The minimum Gasteiger partial charge on any atom is -0.368 e. The lowest BCUT2D eigenvalue weighted by molar-refractivity contribution is 0.794. The largest absolute Gasteiger partial charge is 0.368 e. The maximum atomic E-state index is 5.81. The molecule has 2 rings (SSSR count). The molecule has 0 radical (unpaired) electrons. The summed E-state index contributed by atoms with van der Waals surface area (Å²) in [5.74, 6) is 1.42. The second-order valence-corrected chi connectivity index (χ2v) is 4.68. The van der Waals surface area contributed by atoms with E-state index in [1.165, 1.54) is 0 Å². The number of aromatic nitrogens is 4. The first-order valence-electron chi connectivity index (χ1n) is 7.00. The highest BCUT2D eigenvalue weighted by molar-refractivity contribution is 5.43. The molecule has 0 aliphatic carbocycles. The van der Waals surface area contributed by atoms with Gasteiger partial charge in [0.1, 0.15) is 0 Å². The van der Waals surface area contributed by atoms with Crippen LogP contribution in [0.1, 0.15) is 19.4 Å². The standard InChI is InChI=1S/C14H21N7/c1-4-21(5-2)14-18-12(15)17-13(19-14)20(3)10-11-6-8-16-9-7-11/h6-9H,4-5,10H2,1-3H3,(H2,15,17,18,19). The summed E-state index contributed by atoms with van der Waals surface area (Å²) in [5, 5.41) is 0. The van der Waals surface area contributed by atoms with Gasteiger partial charge in [-0.2, -0.15) is 15.0 Å². The fraction of sp³-hybridized carbons (Fsp3) is 0.429. The van der Waals surface area contributed by atoms with Crippen LogP contribution in [-0.2, 0) is 6.54 Å². The van der Waals surface area contributed by atoms with Gasteiger partial charge in [0, 0.05) is 39.1 Å². The lowest BCUT2D eigenvalue weighted by Crippen LogP contribution is -2.27. The molecule has 0 amide bonds. The highest BCUT2D eigenvalue weighted by Crippen LogP contribution is 2.15. The summed E-state index contributed by atoms with van der Waals surface area (Å²) in [6.45, 7) is 6.46. The maximum Gasteiger partial charge on any atom is 0.231 e. The van der Waals surface area contributed by atoms with E-state index >= 15 is 0 Å². The smallest absolute Gasteiger partial charge is 0.231 e. The van der Waals surface area contributed by atoms with Crippen LogP contribution in [0.2, 0.25) is 0 Å². The molecular weight excluding hydrogens is 266 g/mol. The summed E-state index contributed by atoms with van der Waals surface area (Å²) < 4.78 is 0. The van der Waals surface area contributed by atoms with E-state index < -0.39 is 0 Å². The molecule has 2 heterocycles. The molecule has 0 unspecified atom stereocenters. The van der Waals surface area contributed by atoms with E-state index in [-0.39, 0.29) is 5.95 Å². The first-order chi connectivity index (χ1) is 10.1. The number of nitrogens with two attached hydrogens (primary N) is 1. The van der Waals surface area contributed by atoms with E-state index in [1.54, 1.807) is 12.4 Å². The third-order valence-electron chi connectivity index (χ3n) is 3.19.